The fraction of sp³-hybridized carbons (Fsp3) is 0. The van der Waals surface area contributed by atoms with E-state index in [2.05, 4.69) is 5.32 Å². The zero-order chi connectivity index (χ0) is 10.4. The summed E-state index contributed by atoms with van der Waals surface area (Å²) in [5.74, 6) is -0.631. The molecule has 2 aromatic rings. The maximum Gasteiger partial charge on any atom is 1.00 e. The van der Waals surface area contributed by atoms with Crippen LogP contribution >= 0.6 is 0 Å². The van der Waals surface area contributed by atoms with Crippen LogP contribution in [0.1, 0.15) is 23.6 Å². The van der Waals surface area contributed by atoms with Gasteiger partial charge < -0.3 is 2.85 Å². The number of nitrogens with one attached hydrogen (secondary N) is 1. The fourth-order valence-corrected chi connectivity index (χ4v) is 1.96. The molecule has 76 valence electrons. The van der Waals surface area contributed by atoms with E-state index in [4.69, 9.17) is 0 Å². The molecule has 5 heteroatoms. The smallest absolute Gasteiger partial charge is 1.00 e. The summed E-state index contributed by atoms with van der Waals surface area (Å²) in [6.45, 7) is 0. The van der Waals surface area contributed by atoms with Gasteiger partial charge in [-0.2, -0.15) is 0 Å². The molecule has 0 aliphatic carbocycles. The van der Waals surface area contributed by atoms with Gasteiger partial charge in [-0.1, -0.05) is 24.3 Å². The quantitative estimate of drug-likeness (QED) is 0.379. The molecule has 0 fully saturated rings. The summed E-state index contributed by atoms with van der Waals surface area (Å²) in [6.07, 6.45) is 0. The Balaban J connectivity index is 0. The van der Waals surface area contributed by atoms with Gasteiger partial charge in [0, 0.05) is 16.5 Å². The van der Waals surface area contributed by atoms with E-state index in [9.17, 15) is 9.59 Å². The molecule has 2 aromatic carbocycles. The third-order valence-electron chi connectivity index (χ3n) is 2.62. The normalized spacial score (nSPS) is 12.5. The fourth-order valence-electron chi connectivity index (χ4n) is 1.96. The van der Waals surface area contributed by atoms with Crippen LogP contribution in [-0.4, -0.2) is 11.8 Å². The van der Waals surface area contributed by atoms with Gasteiger partial charge in [0.25, 0.3) is 11.8 Å². The second-order valence-electron chi connectivity index (χ2n) is 3.49. The van der Waals surface area contributed by atoms with Crippen LogP contribution in [0.3, 0.4) is 0 Å². The first-order valence-electron chi connectivity index (χ1n) is 4.65. The molecule has 0 bridgehead atoms. The molecule has 17 heavy (non-hydrogen) atoms. The van der Waals surface area contributed by atoms with Crippen molar-refractivity contribution in [1.82, 2.24) is 5.32 Å². The standard InChI is InChI=1S/C12H7NO2.2Na.2H/c14-11-8-5-1-3-7-4-2-6-9(10(7)8)12(15)13-11;;;;/h1-6H,(H,13,14,15);;;;/q;2*+1;2*-1. The summed E-state index contributed by atoms with van der Waals surface area (Å²) in [4.78, 5) is 23.1. The molecule has 3 rings (SSSR count). The van der Waals surface area contributed by atoms with E-state index in [-0.39, 0.29) is 73.8 Å². The molecule has 2 amide bonds. The molecule has 0 aromatic heterocycles. The van der Waals surface area contributed by atoms with Crippen molar-refractivity contribution < 1.29 is 71.6 Å². The van der Waals surface area contributed by atoms with Crippen LogP contribution in [-0.2, 0) is 0 Å². The van der Waals surface area contributed by atoms with Crippen molar-refractivity contribution in [1.29, 1.82) is 0 Å². The van der Waals surface area contributed by atoms with Gasteiger partial charge in [0.05, 0.1) is 0 Å². The van der Waals surface area contributed by atoms with Crippen molar-refractivity contribution in [3.63, 3.8) is 0 Å². The van der Waals surface area contributed by atoms with Gasteiger partial charge in [0.2, 0.25) is 0 Å². The Labute approximate surface area is 146 Å². The maximum absolute atomic E-state index is 11.6. The summed E-state index contributed by atoms with van der Waals surface area (Å²) >= 11 is 0. The first-order valence-corrected chi connectivity index (χ1v) is 4.65. The Kier molecular flexibility index (Phi) is 4.95. The first kappa shape index (κ1) is 14.9. The first-order chi connectivity index (χ1) is 7.27. The molecule has 1 aliphatic heterocycles. The predicted molar refractivity (Wildman–Crippen MR) is 58.0 cm³/mol. The second kappa shape index (κ2) is 5.65. The number of carbonyl (C=O) groups is 2. The minimum absolute atomic E-state index is 0. The number of rotatable bonds is 0. The van der Waals surface area contributed by atoms with Crippen LogP contribution < -0.4 is 64.4 Å². The molecule has 0 atom stereocenters. The van der Waals surface area contributed by atoms with E-state index in [1.807, 2.05) is 24.3 Å². The van der Waals surface area contributed by atoms with Gasteiger partial charge in [-0.05, 0) is 17.5 Å². The molecule has 0 saturated heterocycles. The minimum Gasteiger partial charge on any atom is -1.00 e. The van der Waals surface area contributed by atoms with Gasteiger partial charge in [0.1, 0.15) is 0 Å². The zero-order valence-corrected chi connectivity index (χ0v) is 13.8. The van der Waals surface area contributed by atoms with E-state index < -0.39 is 0 Å². The SMILES string of the molecule is O=C1NC(=O)c2cccc3cccc1c23.[H-].[H-].[Na+].[Na+]. The summed E-state index contributed by atoms with van der Waals surface area (Å²) in [6, 6.07) is 10.9. The number of carbonyl (C=O) groups excluding carboxylic acids is 2. The van der Waals surface area contributed by atoms with E-state index in [1.54, 1.807) is 12.1 Å². The topological polar surface area (TPSA) is 46.2 Å². The molecule has 0 saturated carbocycles. The van der Waals surface area contributed by atoms with E-state index >= 15 is 0 Å². The van der Waals surface area contributed by atoms with Gasteiger partial charge in [0.15, 0.2) is 0 Å². The monoisotopic (exact) mass is 245 g/mol. The molecule has 3 nitrogen and oxygen atoms in total. The largest absolute Gasteiger partial charge is 1.00 e. The van der Waals surface area contributed by atoms with Crippen LogP contribution in [0, 0.1) is 0 Å². The number of hydrogen-bond acceptors (Lipinski definition) is 2. The molecular formula is C12H9NNa2O2. The van der Waals surface area contributed by atoms with Crippen molar-refractivity contribution in [3.05, 3.63) is 47.5 Å². The van der Waals surface area contributed by atoms with E-state index in [0.717, 1.165) is 10.8 Å². The van der Waals surface area contributed by atoms with Crippen LogP contribution in [0.15, 0.2) is 36.4 Å². The van der Waals surface area contributed by atoms with Crippen molar-refractivity contribution >= 4 is 22.6 Å². The molecule has 1 heterocycles. The van der Waals surface area contributed by atoms with Crippen molar-refractivity contribution in [2.24, 2.45) is 0 Å². The molecular weight excluding hydrogens is 236 g/mol. The second-order valence-corrected chi connectivity index (χ2v) is 3.49. The Morgan fingerprint density at radius 1 is 0.824 bits per heavy atom. The maximum atomic E-state index is 11.6. The summed E-state index contributed by atoms with van der Waals surface area (Å²) in [5.41, 5.74) is 1.14. The van der Waals surface area contributed by atoms with Crippen LogP contribution in [0.25, 0.3) is 10.8 Å². The number of amides is 2. The average Bonchev–Trinajstić information content (AvgIpc) is 2.25. The Bertz CT molecular complexity index is 571. The summed E-state index contributed by atoms with van der Waals surface area (Å²) in [5, 5.41) is 4.00. The van der Waals surface area contributed by atoms with Gasteiger partial charge in [-0.15, -0.1) is 0 Å². The molecule has 0 spiro atoms. The third kappa shape index (κ3) is 2.36. The average molecular weight is 245 g/mol. The molecule has 0 unspecified atom stereocenters. The minimum atomic E-state index is -0.315. The van der Waals surface area contributed by atoms with Gasteiger partial charge >= 0.3 is 59.1 Å². The number of benzene rings is 2. The molecule has 0 radical (unpaired) electrons. The number of imide groups is 1. The van der Waals surface area contributed by atoms with Crippen LogP contribution in [0.4, 0.5) is 0 Å². The van der Waals surface area contributed by atoms with E-state index in [0.29, 0.717) is 11.1 Å². The predicted octanol–water partition coefficient (Wildman–Crippen LogP) is -4.04. The number of hydrogen-bond donors (Lipinski definition) is 1. The van der Waals surface area contributed by atoms with Crippen molar-refractivity contribution in [2.75, 3.05) is 0 Å². The van der Waals surface area contributed by atoms with Crippen molar-refractivity contribution in [2.45, 2.75) is 0 Å². The summed E-state index contributed by atoms with van der Waals surface area (Å²) in [7, 11) is 0. The molecule has 1 aliphatic rings. The third-order valence-corrected chi connectivity index (χ3v) is 2.62. The Hall–Kier alpha value is -0.160. The van der Waals surface area contributed by atoms with Crippen molar-refractivity contribution in [3.8, 4) is 0 Å². The summed E-state index contributed by atoms with van der Waals surface area (Å²) < 4.78 is 0. The van der Waals surface area contributed by atoms with Gasteiger partial charge in [-0.25, -0.2) is 0 Å². The Morgan fingerprint density at radius 2 is 1.29 bits per heavy atom. The molecule has 1 N–H and O–H groups in total. The van der Waals surface area contributed by atoms with Crippen LogP contribution in [0.5, 0.6) is 0 Å². The zero-order valence-electron chi connectivity index (χ0n) is 11.8. The van der Waals surface area contributed by atoms with Gasteiger partial charge in [-0.3, -0.25) is 14.9 Å². The van der Waals surface area contributed by atoms with E-state index in [1.165, 1.54) is 0 Å². The Morgan fingerprint density at radius 3 is 1.76 bits per heavy atom. The van der Waals surface area contributed by atoms with Crippen LogP contribution in [0.2, 0.25) is 0 Å².